The summed E-state index contributed by atoms with van der Waals surface area (Å²) in [5, 5.41) is 0. The summed E-state index contributed by atoms with van der Waals surface area (Å²) in [5.74, 6) is 0. The Kier molecular flexibility index (Phi) is 6.43. The molecule has 0 aliphatic rings. The van der Waals surface area contributed by atoms with Crippen LogP contribution in [0.1, 0.15) is 0 Å². The number of methoxy groups -OCH3 is 1. The Bertz CT molecular complexity index is 160. The maximum atomic E-state index is 9.36. The molecule has 0 saturated carbocycles. The summed E-state index contributed by atoms with van der Waals surface area (Å²) in [5.41, 5.74) is -0.773. The molecule has 0 aromatic heterocycles. The number of ether oxygens (including phenoxy) is 1. The molecule has 0 aliphatic carbocycles. The van der Waals surface area contributed by atoms with Crippen molar-refractivity contribution in [3.8, 4) is 0 Å². The highest BCUT2D eigenvalue weighted by Crippen LogP contribution is 1.80. The first-order chi connectivity index (χ1) is 5.27. The average Bonchev–Trinajstić information content (AvgIpc) is 2.09. The minimum atomic E-state index is -0.773. The van der Waals surface area contributed by atoms with Gasteiger partial charge in [-0.25, -0.2) is 4.79 Å². The summed E-state index contributed by atoms with van der Waals surface area (Å²) < 4.78 is 3.88. The van der Waals surface area contributed by atoms with Gasteiger partial charge < -0.3 is 4.74 Å². The average molecular weight is 173 g/mol. The number of carbonyl (C=O) groups excluding carboxylic acids is 1. The summed E-state index contributed by atoms with van der Waals surface area (Å²) >= 11 is 4.60. The van der Waals surface area contributed by atoms with Crippen molar-refractivity contribution in [2.75, 3.05) is 7.11 Å². The van der Waals surface area contributed by atoms with E-state index in [1.54, 1.807) is 0 Å². The third kappa shape index (κ3) is 8.98. The van der Waals surface area contributed by atoms with E-state index in [2.05, 4.69) is 16.3 Å². The molecule has 1 aromatic carbocycles. The van der Waals surface area contributed by atoms with Crippen LogP contribution >= 0.6 is 11.6 Å². The van der Waals surface area contributed by atoms with Gasteiger partial charge in [0.05, 0.1) is 7.11 Å². The minimum Gasteiger partial charge on any atom is -0.457 e. The predicted molar refractivity (Wildman–Crippen MR) is 44.7 cm³/mol. The van der Waals surface area contributed by atoms with Crippen molar-refractivity contribution in [3.63, 3.8) is 0 Å². The third-order valence-corrected chi connectivity index (χ3v) is 0.981. The molecule has 11 heavy (non-hydrogen) atoms. The Labute approximate surface area is 70.7 Å². The van der Waals surface area contributed by atoms with E-state index < -0.39 is 5.43 Å². The zero-order valence-electron chi connectivity index (χ0n) is 6.16. The fraction of sp³-hybridized carbons (Fsp3) is 0.125. The minimum absolute atomic E-state index is 0.773. The van der Waals surface area contributed by atoms with Crippen LogP contribution in [0.2, 0.25) is 0 Å². The van der Waals surface area contributed by atoms with Crippen LogP contribution in [0.5, 0.6) is 0 Å². The summed E-state index contributed by atoms with van der Waals surface area (Å²) in [6.45, 7) is 0. The van der Waals surface area contributed by atoms with Crippen molar-refractivity contribution >= 4 is 17.0 Å². The number of rotatable bonds is 0. The van der Waals surface area contributed by atoms with Gasteiger partial charge >= 0.3 is 5.43 Å². The van der Waals surface area contributed by atoms with Gasteiger partial charge in [-0.05, 0) is 0 Å². The molecule has 0 atom stereocenters. The second-order valence-corrected chi connectivity index (χ2v) is 1.91. The summed E-state index contributed by atoms with van der Waals surface area (Å²) in [4.78, 5) is 9.36. The third-order valence-electron chi connectivity index (χ3n) is 0.827. The first-order valence-electron chi connectivity index (χ1n) is 3.01. The summed E-state index contributed by atoms with van der Waals surface area (Å²) in [7, 11) is 1.22. The Hall–Kier alpha value is -1.02. The van der Waals surface area contributed by atoms with Crippen molar-refractivity contribution in [1.29, 1.82) is 0 Å². The Morgan fingerprint density at radius 1 is 1.09 bits per heavy atom. The van der Waals surface area contributed by atoms with Crippen molar-refractivity contribution in [1.82, 2.24) is 0 Å². The largest absolute Gasteiger partial charge is 0.457 e. The molecule has 0 fully saturated rings. The van der Waals surface area contributed by atoms with E-state index in [-0.39, 0.29) is 0 Å². The Balaban J connectivity index is 0.000000187. The maximum absolute atomic E-state index is 9.36. The van der Waals surface area contributed by atoms with Crippen LogP contribution in [0.3, 0.4) is 0 Å². The molecule has 0 heterocycles. The summed E-state index contributed by atoms with van der Waals surface area (Å²) in [6.07, 6.45) is 0. The molecule has 0 spiro atoms. The van der Waals surface area contributed by atoms with E-state index in [4.69, 9.17) is 0 Å². The lowest BCUT2D eigenvalue weighted by atomic mass is 10.4. The lowest BCUT2D eigenvalue weighted by molar-refractivity contribution is 0.198. The van der Waals surface area contributed by atoms with Gasteiger partial charge in [-0.1, -0.05) is 36.4 Å². The van der Waals surface area contributed by atoms with Gasteiger partial charge in [-0.2, -0.15) is 0 Å². The van der Waals surface area contributed by atoms with Crippen LogP contribution in [0.4, 0.5) is 4.79 Å². The fourth-order valence-electron chi connectivity index (χ4n) is 0.385. The molecule has 0 aliphatic heterocycles. The molecule has 0 radical (unpaired) electrons. The second kappa shape index (κ2) is 7.09. The van der Waals surface area contributed by atoms with Crippen LogP contribution in [-0.4, -0.2) is 12.5 Å². The lowest BCUT2D eigenvalue weighted by Crippen LogP contribution is -1.80. The molecule has 1 aromatic rings. The van der Waals surface area contributed by atoms with E-state index in [1.807, 2.05) is 36.4 Å². The van der Waals surface area contributed by atoms with Crippen LogP contribution < -0.4 is 0 Å². The number of hydrogen-bond acceptors (Lipinski definition) is 2. The molecule has 0 saturated heterocycles. The van der Waals surface area contributed by atoms with Crippen molar-refractivity contribution < 1.29 is 9.53 Å². The van der Waals surface area contributed by atoms with Gasteiger partial charge in [0.2, 0.25) is 0 Å². The maximum Gasteiger partial charge on any atom is 0.403 e. The molecule has 0 N–H and O–H groups in total. The highest BCUT2D eigenvalue weighted by molar-refractivity contribution is 6.61. The number of benzene rings is 1. The molecule has 3 heteroatoms. The van der Waals surface area contributed by atoms with Gasteiger partial charge in [0.25, 0.3) is 0 Å². The SMILES string of the molecule is COC(=O)Cl.c1ccccc1. The number of hydrogen-bond donors (Lipinski definition) is 0. The highest BCUT2D eigenvalue weighted by atomic mass is 35.5. The Morgan fingerprint density at radius 3 is 1.36 bits per heavy atom. The quantitative estimate of drug-likeness (QED) is 0.563. The van der Waals surface area contributed by atoms with Gasteiger partial charge in [0.15, 0.2) is 0 Å². The van der Waals surface area contributed by atoms with E-state index in [1.165, 1.54) is 7.11 Å². The van der Waals surface area contributed by atoms with Gasteiger partial charge in [-0.3, -0.25) is 0 Å². The van der Waals surface area contributed by atoms with E-state index in [0.717, 1.165) is 0 Å². The zero-order chi connectivity index (χ0) is 8.53. The normalized spacial score (nSPS) is 7.45. The smallest absolute Gasteiger partial charge is 0.403 e. The first-order valence-corrected chi connectivity index (χ1v) is 3.38. The molecule has 0 unspecified atom stereocenters. The predicted octanol–water partition coefficient (Wildman–Crippen LogP) is 2.68. The topological polar surface area (TPSA) is 26.3 Å². The van der Waals surface area contributed by atoms with Crippen LogP contribution in [0.25, 0.3) is 0 Å². The lowest BCUT2D eigenvalue weighted by Gasteiger charge is -1.77. The zero-order valence-corrected chi connectivity index (χ0v) is 6.91. The van der Waals surface area contributed by atoms with Crippen LogP contribution in [0, 0.1) is 0 Å². The van der Waals surface area contributed by atoms with Gasteiger partial charge in [-0.15, -0.1) is 0 Å². The first kappa shape index (κ1) is 9.98. The fourth-order valence-corrected chi connectivity index (χ4v) is 0.385. The van der Waals surface area contributed by atoms with E-state index >= 15 is 0 Å². The van der Waals surface area contributed by atoms with Crippen molar-refractivity contribution in [3.05, 3.63) is 36.4 Å². The number of halogens is 1. The molecule has 1 rings (SSSR count). The van der Waals surface area contributed by atoms with Gasteiger partial charge in [0.1, 0.15) is 0 Å². The van der Waals surface area contributed by atoms with Crippen molar-refractivity contribution in [2.24, 2.45) is 0 Å². The highest BCUT2D eigenvalue weighted by Gasteiger charge is 1.80. The molecule has 60 valence electrons. The molecular formula is C8H9ClO2. The summed E-state index contributed by atoms with van der Waals surface area (Å²) in [6, 6.07) is 12.0. The van der Waals surface area contributed by atoms with E-state index in [9.17, 15) is 4.79 Å². The van der Waals surface area contributed by atoms with Crippen LogP contribution in [-0.2, 0) is 4.74 Å². The standard InChI is InChI=1S/C6H6.C2H3ClO2/c1-2-4-6-5-3-1;1-5-2(3)4/h1-6H;1H3. The molecule has 2 nitrogen and oxygen atoms in total. The molecule has 0 amide bonds. The van der Waals surface area contributed by atoms with Gasteiger partial charge in [0, 0.05) is 11.6 Å². The Morgan fingerprint density at radius 2 is 1.27 bits per heavy atom. The number of carbonyl (C=O) groups is 1. The molecular weight excluding hydrogens is 164 g/mol. The molecule has 0 bridgehead atoms. The second-order valence-electron chi connectivity index (χ2n) is 1.60. The van der Waals surface area contributed by atoms with E-state index in [0.29, 0.717) is 0 Å². The van der Waals surface area contributed by atoms with Crippen LogP contribution in [0.15, 0.2) is 36.4 Å². The monoisotopic (exact) mass is 172 g/mol. The van der Waals surface area contributed by atoms with Crippen molar-refractivity contribution in [2.45, 2.75) is 0 Å².